The highest BCUT2D eigenvalue weighted by Gasteiger charge is 2.12. The largest absolute Gasteiger partial charge is 0.369 e. The van der Waals surface area contributed by atoms with Crippen molar-refractivity contribution < 1.29 is 8.42 Å². The van der Waals surface area contributed by atoms with E-state index in [4.69, 9.17) is 0 Å². The van der Waals surface area contributed by atoms with Crippen LogP contribution >= 0.6 is 11.3 Å². The van der Waals surface area contributed by atoms with Gasteiger partial charge in [-0.3, -0.25) is 0 Å². The van der Waals surface area contributed by atoms with Crippen LogP contribution in [0, 0.1) is 0 Å². The SMILES string of the molecule is O=S(=O)(CCCNc1ncnc2sccc12)Cc1ccccc1. The van der Waals surface area contributed by atoms with Crippen molar-refractivity contribution in [3.63, 3.8) is 0 Å². The first-order valence-electron chi connectivity index (χ1n) is 7.30. The van der Waals surface area contributed by atoms with Crippen molar-refractivity contribution in [1.82, 2.24) is 9.97 Å². The fourth-order valence-electron chi connectivity index (χ4n) is 2.33. The highest BCUT2D eigenvalue weighted by Crippen LogP contribution is 2.23. The lowest BCUT2D eigenvalue weighted by atomic mass is 10.2. The van der Waals surface area contributed by atoms with Gasteiger partial charge in [-0.2, -0.15) is 0 Å². The van der Waals surface area contributed by atoms with Crippen LogP contribution in [-0.2, 0) is 15.6 Å². The van der Waals surface area contributed by atoms with E-state index in [1.807, 2.05) is 41.8 Å². The minimum Gasteiger partial charge on any atom is -0.369 e. The molecule has 3 aromatic rings. The van der Waals surface area contributed by atoms with Crippen LogP contribution in [0.1, 0.15) is 12.0 Å². The summed E-state index contributed by atoms with van der Waals surface area (Å²) in [6.45, 7) is 0.565. The molecule has 0 aliphatic heterocycles. The van der Waals surface area contributed by atoms with Crippen molar-refractivity contribution in [2.75, 3.05) is 17.6 Å². The zero-order chi connectivity index (χ0) is 16.1. The highest BCUT2D eigenvalue weighted by atomic mass is 32.2. The molecule has 1 N–H and O–H groups in total. The average molecular weight is 347 g/mol. The van der Waals surface area contributed by atoms with Gasteiger partial charge < -0.3 is 5.32 Å². The molecule has 2 heterocycles. The zero-order valence-corrected chi connectivity index (χ0v) is 14.1. The number of sulfone groups is 1. The molecule has 23 heavy (non-hydrogen) atoms. The quantitative estimate of drug-likeness (QED) is 0.665. The van der Waals surface area contributed by atoms with Crippen LogP contribution in [0.5, 0.6) is 0 Å². The molecule has 1 aromatic carbocycles. The monoisotopic (exact) mass is 347 g/mol. The van der Waals surface area contributed by atoms with Crippen LogP contribution in [0.4, 0.5) is 5.82 Å². The standard InChI is InChI=1S/C16H17N3O2S2/c20-23(21,11-13-5-2-1-3-6-13)10-4-8-17-15-14-7-9-22-16(14)19-12-18-15/h1-3,5-7,9,12H,4,8,10-11H2,(H,17,18,19). The molecule has 0 radical (unpaired) electrons. The van der Waals surface area contributed by atoms with Gasteiger partial charge in [-0.15, -0.1) is 11.3 Å². The molecule has 0 saturated heterocycles. The summed E-state index contributed by atoms with van der Waals surface area (Å²) in [6, 6.07) is 11.2. The Balaban J connectivity index is 1.52. The summed E-state index contributed by atoms with van der Waals surface area (Å²) >= 11 is 1.56. The summed E-state index contributed by atoms with van der Waals surface area (Å²) in [7, 11) is -3.09. The second kappa shape index (κ2) is 7.06. The topological polar surface area (TPSA) is 72.0 Å². The van der Waals surface area contributed by atoms with E-state index in [2.05, 4.69) is 15.3 Å². The molecule has 0 aliphatic carbocycles. The van der Waals surface area contributed by atoms with Gasteiger partial charge in [0.05, 0.1) is 16.9 Å². The third kappa shape index (κ3) is 4.27. The Labute approximate surface area is 139 Å². The second-order valence-electron chi connectivity index (χ2n) is 5.22. The number of nitrogens with zero attached hydrogens (tertiary/aromatic N) is 2. The molecule has 120 valence electrons. The van der Waals surface area contributed by atoms with Gasteiger partial charge in [0.2, 0.25) is 0 Å². The molecule has 0 fully saturated rings. The number of anilines is 1. The summed E-state index contributed by atoms with van der Waals surface area (Å²) < 4.78 is 24.3. The van der Waals surface area contributed by atoms with E-state index in [0.717, 1.165) is 21.6 Å². The van der Waals surface area contributed by atoms with Gasteiger partial charge in [0.25, 0.3) is 0 Å². The smallest absolute Gasteiger partial charge is 0.154 e. The predicted octanol–water partition coefficient (Wildman–Crippen LogP) is 3.11. The van der Waals surface area contributed by atoms with E-state index in [1.165, 1.54) is 6.33 Å². The first kappa shape index (κ1) is 15.9. The van der Waals surface area contributed by atoms with Crippen molar-refractivity contribution in [1.29, 1.82) is 0 Å². The summed E-state index contributed by atoms with van der Waals surface area (Å²) in [6.07, 6.45) is 2.07. The third-order valence-corrected chi connectivity index (χ3v) is 5.92. The molecule has 0 amide bonds. The molecule has 0 bridgehead atoms. The fraction of sp³-hybridized carbons (Fsp3) is 0.250. The van der Waals surface area contributed by atoms with E-state index in [-0.39, 0.29) is 11.5 Å². The molecule has 0 spiro atoms. The van der Waals surface area contributed by atoms with Gasteiger partial charge >= 0.3 is 0 Å². The van der Waals surface area contributed by atoms with Gasteiger partial charge in [-0.05, 0) is 23.4 Å². The Morgan fingerprint density at radius 2 is 1.91 bits per heavy atom. The summed E-state index contributed by atoms with van der Waals surface area (Å²) in [5.74, 6) is 1.01. The average Bonchev–Trinajstić information content (AvgIpc) is 3.01. The van der Waals surface area contributed by atoms with Gasteiger partial charge in [0, 0.05) is 6.54 Å². The minimum atomic E-state index is -3.09. The van der Waals surface area contributed by atoms with Crippen molar-refractivity contribution in [3.05, 3.63) is 53.7 Å². The fourth-order valence-corrected chi connectivity index (χ4v) is 4.49. The minimum absolute atomic E-state index is 0.0934. The first-order chi connectivity index (χ1) is 11.1. The summed E-state index contributed by atoms with van der Waals surface area (Å²) in [4.78, 5) is 9.33. The molecule has 0 atom stereocenters. The number of thiophene rings is 1. The highest BCUT2D eigenvalue weighted by molar-refractivity contribution is 7.90. The Morgan fingerprint density at radius 1 is 1.09 bits per heavy atom. The van der Waals surface area contributed by atoms with E-state index >= 15 is 0 Å². The van der Waals surface area contributed by atoms with Crippen LogP contribution in [-0.4, -0.2) is 30.7 Å². The Hall–Kier alpha value is -1.99. The van der Waals surface area contributed by atoms with Gasteiger partial charge in [-0.25, -0.2) is 18.4 Å². The molecule has 3 rings (SSSR count). The third-order valence-electron chi connectivity index (χ3n) is 3.42. The normalized spacial score (nSPS) is 11.7. The molecule has 0 unspecified atom stereocenters. The number of hydrogen-bond donors (Lipinski definition) is 1. The molecule has 7 heteroatoms. The summed E-state index contributed by atoms with van der Waals surface area (Å²) in [5, 5.41) is 6.14. The Bertz CT molecular complexity index is 876. The number of benzene rings is 1. The number of hydrogen-bond acceptors (Lipinski definition) is 6. The lowest BCUT2D eigenvalue weighted by Gasteiger charge is -2.07. The van der Waals surface area contributed by atoms with E-state index < -0.39 is 9.84 Å². The Morgan fingerprint density at radius 3 is 2.74 bits per heavy atom. The Kier molecular flexibility index (Phi) is 4.88. The van der Waals surface area contributed by atoms with Crippen molar-refractivity contribution >= 4 is 37.2 Å². The van der Waals surface area contributed by atoms with Crippen LogP contribution < -0.4 is 5.32 Å². The zero-order valence-electron chi connectivity index (χ0n) is 12.5. The second-order valence-corrected chi connectivity index (χ2v) is 8.30. The van der Waals surface area contributed by atoms with Gasteiger partial charge in [0.1, 0.15) is 17.0 Å². The van der Waals surface area contributed by atoms with Gasteiger partial charge in [0.15, 0.2) is 9.84 Å². The predicted molar refractivity (Wildman–Crippen MR) is 94.5 cm³/mol. The molecule has 5 nitrogen and oxygen atoms in total. The van der Waals surface area contributed by atoms with Gasteiger partial charge in [-0.1, -0.05) is 30.3 Å². The van der Waals surface area contributed by atoms with Crippen molar-refractivity contribution in [3.8, 4) is 0 Å². The number of aromatic nitrogens is 2. The van der Waals surface area contributed by atoms with Crippen molar-refractivity contribution in [2.45, 2.75) is 12.2 Å². The lowest BCUT2D eigenvalue weighted by molar-refractivity contribution is 0.593. The van der Waals surface area contributed by atoms with E-state index in [0.29, 0.717) is 13.0 Å². The lowest BCUT2D eigenvalue weighted by Crippen LogP contribution is -2.13. The molecule has 0 aliphatic rings. The number of nitrogens with one attached hydrogen (secondary N) is 1. The number of rotatable bonds is 7. The van der Waals surface area contributed by atoms with Crippen LogP contribution in [0.3, 0.4) is 0 Å². The molecule has 0 saturated carbocycles. The van der Waals surface area contributed by atoms with E-state index in [1.54, 1.807) is 11.3 Å². The van der Waals surface area contributed by atoms with Crippen LogP contribution in [0.25, 0.3) is 10.2 Å². The molecular weight excluding hydrogens is 330 g/mol. The van der Waals surface area contributed by atoms with Crippen LogP contribution in [0.15, 0.2) is 48.1 Å². The molecular formula is C16H17N3O2S2. The maximum atomic E-state index is 12.1. The van der Waals surface area contributed by atoms with Crippen LogP contribution in [0.2, 0.25) is 0 Å². The van der Waals surface area contributed by atoms with Crippen molar-refractivity contribution in [2.24, 2.45) is 0 Å². The molecule has 2 aromatic heterocycles. The first-order valence-corrected chi connectivity index (χ1v) is 10.0. The maximum Gasteiger partial charge on any atom is 0.154 e. The summed E-state index contributed by atoms with van der Waals surface area (Å²) in [5.41, 5.74) is 0.830. The maximum absolute atomic E-state index is 12.1. The number of fused-ring (bicyclic) bond motifs is 1. The van der Waals surface area contributed by atoms with E-state index in [9.17, 15) is 8.42 Å².